The standard InChI is InChI=1S/C16H16F2N8.C6H11F2N/c1-8-21-11-4-3-10(22-15(11)25(8)7-12(17)18)9-5-6-26-13(9)14(20-2)23-16(19)24-26;1-9-4-2-3-6(7,8)5-9/h3-6,12H,7H2,1-2H3,(H3,19,20,23,24);2-5H2,1H3. The summed E-state index contributed by atoms with van der Waals surface area (Å²) in [6, 6.07) is 5.40. The minimum Gasteiger partial charge on any atom is -0.371 e. The smallest absolute Gasteiger partial charge is 0.260 e. The van der Waals surface area contributed by atoms with Crippen LogP contribution in [0.3, 0.4) is 0 Å². The van der Waals surface area contributed by atoms with Gasteiger partial charge >= 0.3 is 0 Å². The molecule has 0 radical (unpaired) electrons. The van der Waals surface area contributed by atoms with Gasteiger partial charge in [0.15, 0.2) is 11.5 Å². The number of aromatic nitrogens is 6. The molecule has 0 aliphatic carbocycles. The van der Waals surface area contributed by atoms with Gasteiger partial charge in [0.05, 0.1) is 18.8 Å². The fourth-order valence-corrected chi connectivity index (χ4v) is 4.20. The molecule has 0 amide bonds. The molecule has 0 saturated carbocycles. The first-order valence-corrected chi connectivity index (χ1v) is 11.1. The lowest BCUT2D eigenvalue weighted by Crippen LogP contribution is -2.39. The maximum atomic E-state index is 12.9. The van der Waals surface area contributed by atoms with Crippen LogP contribution in [-0.2, 0) is 6.54 Å². The number of nitrogen functional groups attached to an aromatic ring is 1. The number of aryl methyl sites for hydroxylation is 1. The van der Waals surface area contributed by atoms with Gasteiger partial charge in [0.2, 0.25) is 5.95 Å². The number of hydrogen-bond donors (Lipinski definition) is 2. The van der Waals surface area contributed by atoms with Crippen LogP contribution in [0.5, 0.6) is 0 Å². The first-order valence-electron chi connectivity index (χ1n) is 11.1. The molecule has 0 unspecified atom stereocenters. The van der Waals surface area contributed by atoms with Crippen molar-refractivity contribution in [3.63, 3.8) is 0 Å². The summed E-state index contributed by atoms with van der Waals surface area (Å²) in [6.45, 7) is 1.99. The molecule has 188 valence electrons. The Hall–Kier alpha value is -3.48. The van der Waals surface area contributed by atoms with E-state index in [1.54, 1.807) is 48.8 Å². The zero-order valence-corrected chi connectivity index (χ0v) is 19.6. The van der Waals surface area contributed by atoms with Crippen LogP contribution in [0.25, 0.3) is 27.9 Å². The molecule has 0 aromatic carbocycles. The molecule has 13 heteroatoms. The molecule has 9 nitrogen and oxygen atoms in total. The molecule has 0 spiro atoms. The van der Waals surface area contributed by atoms with E-state index in [0.717, 1.165) is 12.1 Å². The van der Waals surface area contributed by atoms with E-state index in [2.05, 4.69) is 25.4 Å². The molecule has 1 aliphatic rings. The van der Waals surface area contributed by atoms with E-state index >= 15 is 0 Å². The summed E-state index contributed by atoms with van der Waals surface area (Å²) in [5.74, 6) is -1.24. The van der Waals surface area contributed by atoms with E-state index in [1.807, 2.05) is 6.07 Å². The van der Waals surface area contributed by atoms with Crippen LogP contribution >= 0.6 is 0 Å². The van der Waals surface area contributed by atoms with Crippen molar-refractivity contribution in [1.82, 2.24) is 34.0 Å². The summed E-state index contributed by atoms with van der Waals surface area (Å²) in [5.41, 5.74) is 8.78. The fraction of sp³-hybridized carbons (Fsp3) is 0.455. The maximum Gasteiger partial charge on any atom is 0.260 e. The average molecular weight is 494 g/mol. The molecule has 5 heterocycles. The number of nitrogens with zero attached hydrogens (tertiary/aromatic N) is 7. The Morgan fingerprint density at radius 2 is 1.94 bits per heavy atom. The summed E-state index contributed by atoms with van der Waals surface area (Å²) in [4.78, 5) is 14.7. The number of pyridine rings is 1. The minimum atomic E-state index is -2.49. The Bertz CT molecular complexity index is 1330. The van der Waals surface area contributed by atoms with Crippen LogP contribution in [0.2, 0.25) is 0 Å². The number of anilines is 2. The molecular weight excluding hydrogens is 466 g/mol. The number of piperidine rings is 1. The SMILES string of the molecule is CN1CCCC(F)(F)C1.CNc1nc(N)nn2ccc(-c3ccc4nc(C)n(CC(F)F)c4n3)c12. The quantitative estimate of drug-likeness (QED) is 0.418. The van der Waals surface area contributed by atoms with Gasteiger partial charge in [0.25, 0.3) is 12.3 Å². The van der Waals surface area contributed by atoms with Crippen molar-refractivity contribution >= 4 is 28.4 Å². The number of fused-ring (bicyclic) bond motifs is 2. The van der Waals surface area contributed by atoms with Crippen LogP contribution < -0.4 is 11.1 Å². The van der Waals surface area contributed by atoms with Gasteiger partial charge < -0.3 is 20.5 Å². The first-order chi connectivity index (χ1) is 16.6. The van der Waals surface area contributed by atoms with Crippen molar-refractivity contribution in [2.24, 2.45) is 0 Å². The maximum absolute atomic E-state index is 12.9. The monoisotopic (exact) mass is 493 g/mol. The van der Waals surface area contributed by atoms with Gasteiger partial charge in [-0.25, -0.2) is 32.0 Å². The van der Waals surface area contributed by atoms with Crippen molar-refractivity contribution < 1.29 is 17.6 Å². The third kappa shape index (κ3) is 5.29. The Morgan fingerprint density at radius 3 is 2.57 bits per heavy atom. The van der Waals surface area contributed by atoms with E-state index in [0.29, 0.717) is 40.4 Å². The molecular formula is C22H27F4N9. The lowest BCUT2D eigenvalue weighted by molar-refractivity contribution is -0.0571. The number of alkyl halides is 4. The Labute approximate surface area is 199 Å². The molecule has 1 fully saturated rings. The second-order valence-corrected chi connectivity index (χ2v) is 8.49. The van der Waals surface area contributed by atoms with Gasteiger partial charge in [-0.05, 0) is 45.1 Å². The summed E-state index contributed by atoms with van der Waals surface area (Å²) in [5, 5.41) is 7.14. The van der Waals surface area contributed by atoms with Crippen molar-refractivity contribution in [2.75, 3.05) is 38.2 Å². The number of imidazole rings is 1. The third-order valence-corrected chi connectivity index (χ3v) is 5.73. The first kappa shape index (κ1) is 24.6. The fourth-order valence-electron chi connectivity index (χ4n) is 4.20. The molecule has 35 heavy (non-hydrogen) atoms. The number of nitrogens with one attached hydrogen (secondary N) is 1. The molecule has 1 aliphatic heterocycles. The highest BCUT2D eigenvalue weighted by Gasteiger charge is 2.33. The average Bonchev–Trinajstić information content (AvgIpc) is 3.33. The van der Waals surface area contributed by atoms with Crippen molar-refractivity contribution in [1.29, 1.82) is 0 Å². The molecule has 5 rings (SSSR count). The van der Waals surface area contributed by atoms with Crippen LogP contribution in [0.4, 0.5) is 29.3 Å². The molecule has 1 saturated heterocycles. The highest BCUT2D eigenvalue weighted by Crippen LogP contribution is 2.30. The normalized spacial score (nSPS) is 16.0. The predicted octanol–water partition coefficient (Wildman–Crippen LogP) is 3.69. The summed E-state index contributed by atoms with van der Waals surface area (Å²) >= 11 is 0. The predicted molar refractivity (Wildman–Crippen MR) is 126 cm³/mol. The van der Waals surface area contributed by atoms with Crippen LogP contribution in [0.1, 0.15) is 18.7 Å². The minimum absolute atomic E-state index is 0.0625. The van der Waals surface area contributed by atoms with Crippen LogP contribution in [-0.4, -0.2) is 73.6 Å². The van der Waals surface area contributed by atoms with E-state index in [1.165, 1.54) is 4.57 Å². The van der Waals surface area contributed by atoms with Gasteiger partial charge in [-0.2, -0.15) is 4.98 Å². The van der Waals surface area contributed by atoms with Gasteiger partial charge in [-0.15, -0.1) is 5.10 Å². The topological polar surface area (TPSA) is 102 Å². The van der Waals surface area contributed by atoms with Crippen LogP contribution in [0, 0.1) is 6.92 Å². The van der Waals surface area contributed by atoms with Gasteiger partial charge in [0, 0.05) is 25.2 Å². The zero-order valence-electron chi connectivity index (χ0n) is 19.6. The third-order valence-electron chi connectivity index (χ3n) is 5.73. The molecule has 4 aromatic rings. The van der Waals surface area contributed by atoms with E-state index in [4.69, 9.17) is 5.73 Å². The largest absolute Gasteiger partial charge is 0.371 e. The molecule has 0 atom stereocenters. The number of likely N-dealkylation sites (tertiary alicyclic amines) is 1. The molecule has 4 aromatic heterocycles. The number of nitrogens with two attached hydrogens (primary N) is 1. The lowest BCUT2D eigenvalue weighted by atomic mass is 10.1. The Morgan fingerprint density at radius 1 is 1.17 bits per heavy atom. The van der Waals surface area contributed by atoms with Crippen molar-refractivity contribution in [3.05, 3.63) is 30.2 Å². The second kappa shape index (κ2) is 9.64. The number of halogens is 4. The highest BCUT2D eigenvalue weighted by atomic mass is 19.3. The number of hydrogen-bond acceptors (Lipinski definition) is 7. The van der Waals surface area contributed by atoms with Crippen LogP contribution in [0.15, 0.2) is 24.4 Å². The molecule has 3 N–H and O–H groups in total. The Kier molecular flexibility index (Phi) is 6.79. The van der Waals surface area contributed by atoms with Gasteiger partial charge in [0.1, 0.15) is 16.9 Å². The van der Waals surface area contributed by atoms with E-state index < -0.39 is 18.9 Å². The van der Waals surface area contributed by atoms with Crippen molar-refractivity contribution in [2.45, 2.75) is 38.7 Å². The summed E-state index contributed by atoms with van der Waals surface area (Å²) in [7, 11) is 3.46. The highest BCUT2D eigenvalue weighted by molar-refractivity contribution is 5.89. The number of rotatable bonds is 4. The Balaban J connectivity index is 0.000000271. The van der Waals surface area contributed by atoms with Crippen molar-refractivity contribution in [3.8, 4) is 11.3 Å². The summed E-state index contributed by atoms with van der Waals surface area (Å²) in [6.07, 6.45) is -0.0445. The lowest BCUT2D eigenvalue weighted by Gasteiger charge is -2.28. The van der Waals surface area contributed by atoms with Gasteiger partial charge in [-0.1, -0.05) is 0 Å². The zero-order chi connectivity index (χ0) is 25.3. The van der Waals surface area contributed by atoms with Gasteiger partial charge in [-0.3, -0.25) is 0 Å². The second-order valence-electron chi connectivity index (χ2n) is 8.49. The summed E-state index contributed by atoms with van der Waals surface area (Å²) < 4.78 is 53.7. The van der Waals surface area contributed by atoms with E-state index in [-0.39, 0.29) is 18.9 Å². The molecule has 0 bridgehead atoms. The van der Waals surface area contributed by atoms with E-state index in [9.17, 15) is 17.6 Å².